The molecule has 0 amide bonds. The van der Waals surface area contributed by atoms with Gasteiger partial charge in [0.25, 0.3) is 0 Å². The Morgan fingerprint density at radius 2 is 1.80 bits per heavy atom. The molecule has 0 saturated heterocycles. The van der Waals surface area contributed by atoms with E-state index in [4.69, 9.17) is 10.5 Å². The van der Waals surface area contributed by atoms with Crippen molar-refractivity contribution in [1.82, 2.24) is 0 Å². The molecule has 0 saturated carbocycles. The van der Waals surface area contributed by atoms with Crippen LogP contribution in [0.2, 0.25) is 0 Å². The zero-order valence-electron chi connectivity index (χ0n) is 11.9. The third-order valence-electron chi connectivity index (χ3n) is 3.22. The van der Waals surface area contributed by atoms with E-state index in [1.54, 1.807) is 0 Å². The maximum Gasteiger partial charge on any atom is 0.122 e. The minimum atomic E-state index is 0.444. The second-order valence-electron chi connectivity index (χ2n) is 5.18. The summed E-state index contributed by atoms with van der Waals surface area (Å²) in [5.74, 6) is 1.41. The van der Waals surface area contributed by atoms with Gasteiger partial charge in [0.05, 0.1) is 6.61 Å². The van der Waals surface area contributed by atoms with E-state index in [1.807, 2.05) is 36.4 Å². The number of ether oxygens (including phenoxy) is 1. The summed E-state index contributed by atoms with van der Waals surface area (Å²) in [6, 6.07) is 14.1. The lowest BCUT2D eigenvalue weighted by atomic mass is 10.0. The largest absolute Gasteiger partial charge is 0.493 e. The molecule has 20 heavy (non-hydrogen) atoms. The van der Waals surface area contributed by atoms with E-state index in [0.29, 0.717) is 12.5 Å². The summed E-state index contributed by atoms with van der Waals surface area (Å²) in [6.45, 7) is 5.02. The molecule has 2 aromatic rings. The summed E-state index contributed by atoms with van der Waals surface area (Å²) in [5, 5.41) is 0. The third-order valence-corrected chi connectivity index (χ3v) is 3.72. The van der Waals surface area contributed by atoms with Crippen LogP contribution in [0.15, 0.2) is 46.9 Å². The van der Waals surface area contributed by atoms with Crippen molar-refractivity contribution >= 4 is 21.6 Å². The molecule has 2 rings (SSSR count). The third kappa shape index (κ3) is 4.01. The van der Waals surface area contributed by atoms with Gasteiger partial charge in [0.1, 0.15) is 5.75 Å². The zero-order valence-corrected chi connectivity index (χ0v) is 13.5. The molecule has 106 valence electrons. The predicted octanol–water partition coefficient (Wildman–Crippen LogP) is 4.78. The second kappa shape index (κ2) is 6.80. The average molecular weight is 334 g/mol. The van der Waals surface area contributed by atoms with Gasteiger partial charge in [0.2, 0.25) is 0 Å². The Morgan fingerprint density at radius 3 is 2.45 bits per heavy atom. The molecule has 0 aliphatic heterocycles. The van der Waals surface area contributed by atoms with Crippen LogP contribution in [0.1, 0.15) is 30.9 Å². The molecule has 0 heterocycles. The van der Waals surface area contributed by atoms with Gasteiger partial charge in [-0.15, -0.1) is 0 Å². The van der Waals surface area contributed by atoms with Gasteiger partial charge in [0, 0.05) is 16.6 Å². The molecular formula is C17H20BrNO. The number of anilines is 1. The van der Waals surface area contributed by atoms with E-state index >= 15 is 0 Å². The van der Waals surface area contributed by atoms with Crippen molar-refractivity contribution in [3.63, 3.8) is 0 Å². The van der Waals surface area contributed by atoms with Gasteiger partial charge in [0.15, 0.2) is 0 Å². The van der Waals surface area contributed by atoms with Crippen molar-refractivity contribution in [3.05, 3.63) is 58.1 Å². The smallest absolute Gasteiger partial charge is 0.122 e. The highest BCUT2D eigenvalue weighted by molar-refractivity contribution is 9.10. The number of benzene rings is 2. The monoisotopic (exact) mass is 333 g/mol. The van der Waals surface area contributed by atoms with Gasteiger partial charge >= 0.3 is 0 Å². The lowest BCUT2D eigenvalue weighted by Gasteiger charge is -2.14. The summed E-state index contributed by atoms with van der Waals surface area (Å²) < 4.78 is 7.03. The zero-order chi connectivity index (χ0) is 14.5. The Morgan fingerprint density at radius 1 is 1.10 bits per heavy atom. The minimum absolute atomic E-state index is 0.444. The van der Waals surface area contributed by atoms with Crippen molar-refractivity contribution in [2.75, 3.05) is 12.3 Å². The normalized spacial score (nSPS) is 10.8. The first-order valence-corrected chi connectivity index (χ1v) is 7.62. The van der Waals surface area contributed by atoms with Crippen LogP contribution in [0.5, 0.6) is 5.75 Å². The molecule has 0 aromatic heterocycles. The van der Waals surface area contributed by atoms with Crippen molar-refractivity contribution in [2.45, 2.75) is 26.2 Å². The summed E-state index contributed by atoms with van der Waals surface area (Å²) in [7, 11) is 0. The van der Waals surface area contributed by atoms with Gasteiger partial charge in [-0.2, -0.15) is 0 Å². The molecule has 0 radical (unpaired) electrons. The molecule has 0 spiro atoms. The number of halogens is 1. The average Bonchev–Trinajstić information content (AvgIpc) is 2.42. The van der Waals surface area contributed by atoms with Gasteiger partial charge in [-0.05, 0) is 47.4 Å². The number of nitrogen functional groups attached to an aromatic ring is 1. The fourth-order valence-corrected chi connectivity index (χ4v) is 2.44. The van der Waals surface area contributed by atoms with Gasteiger partial charge in [-0.1, -0.05) is 41.9 Å². The molecule has 0 unspecified atom stereocenters. The first-order valence-electron chi connectivity index (χ1n) is 6.83. The molecule has 3 heteroatoms. The Bertz CT molecular complexity index is 564. The SMILES string of the molecule is CC(C)c1cc(Br)ccc1OCCc1ccc(N)cc1. The summed E-state index contributed by atoms with van der Waals surface area (Å²) in [5.41, 5.74) is 8.95. The van der Waals surface area contributed by atoms with E-state index in [1.165, 1.54) is 11.1 Å². The second-order valence-corrected chi connectivity index (χ2v) is 6.09. The molecule has 0 atom stereocenters. The minimum Gasteiger partial charge on any atom is -0.493 e. The molecule has 2 nitrogen and oxygen atoms in total. The Balaban J connectivity index is 1.99. The van der Waals surface area contributed by atoms with Crippen LogP contribution in [0.4, 0.5) is 5.69 Å². The highest BCUT2D eigenvalue weighted by atomic mass is 79.9. The maximum atomic E-state index is 5.94. The Kier molecular flexibility index (Phi) is 5.07. The molecule has 2 N–H and O–H groups in total. The topological polar surface area (TPSA) is 35.2 Å². The van der Waals surface area contributed by atoms with Crippen molar-refractivity contribution in [1.29, 1.82) is 0 Å². The number of hydrogen-bond donors (Lipinski definition) is 1. The van der Waals surface area contributed by atoms with Gasteiger partial charge < -0.3 is 10.5 Å². The highest BCUT2D eigenvalue weighted by Gasteiger charge is 2.08. The standard InChI is InChI=1S/C17H20BrNO/c1-12(2)16-11-14(18)5-8-17(16)20-10-9-13-3-6-15(19)7-4-13/h3-8,11-12H,9-10,19H2,1-2H3. The van der Waals surface area contributed by atoms with Crippen LogP contribution in [-0.2, 0) is 6.42 Å². The first-order chi connectivity index (χ1) is 9.56. The van der Waals surface area contributed by atoms with Crippen LogP contribution in [0.25, 0.3) is 0 Å². The van der Waals surface area contributed by atoms with E-state index in [9.17, 15) is 0 Å². The predicted molar refractivity (Wildman–Crippen MR) is 88.3 cm³/mol. The van der Waals surface area contributed by atoms with Crippen LogP contribution >= 0.6 is 15.9 Å². The van der Waals surface area contributed by atoms with E-state index in [-0.39, 0.29) is 0 Å². The van der Waals surface area contributed by atoms with Crippen LogP contribution < -0.4 is 10.5 Å². The molecule has 0 aliphatic rings. The quantitative estimate of drug-likeness (QED) is 0.799. The lowest BCUT2D eigenvalue weighted by Crippen LogP contribution is -2.04. The van der Waals surface area contributed by atoms with E-state index < -0.39 is 0 Å². The molecule has 0 bridgehead atoms. The number of nitrogens with two attached hydrogens (primary N) is 1. The first kappa shape index (κ1) is 14.9. The number of hydrogen-bond acceptors (Lipinski definition) is 2. The lowest BCUT2D eigenvalue weighted by molar-refractivity contribution is 0.317. The number of rotatable bonds is 5. The maximum absolute atomic E-state index is 5.94. The fourth-order valence-electron chi connectivity index (χ4n) is 2.07. The molecular weight excluding hydrogens is 314 g/mol. The van der Waals surface area contributed by atoms with Gasteiger partial charge in [-0.25, -0.2) is 0 Å². The Hall–Kier alpha value is -1.48. The van der Waals surface area contributed by atoms with E-state index in [2.05, 4.69) is 35.8 Å². The Labute approximate surface area is 129 Å². The van der Waals surface area contributed by atoms with Gasteiger partial charge in [-0.3, -0.25) is 0 Å². The summed E-state index contributed by atoms with van der Waals surface area (Å²) >= 11 is 3.51. The van der Waals surface area contributed by atoms with E-state index in [0.717, 1.165) is 22.3 Å². The highest BCUT2D eigenvalue weighted by Crippen LogP contribution is 2.29. The molecule has 0 aliphatic carbocycles. The summed E-state index contributed by atoms with van der Waals surface area (Å²) in [4.78, 5) is 0. The fraction of sp³-hybridized carbons (Fsp3) is 0.294. The molecule has 2 aromatic carbocycles. The van der Waals surface area contributed by atoms with Crippen molar-refractivity contribution in [3.8, 4) is 5.75 Å². The molecule has 0 fully saturated rings. The van der Waals surface area contributed by atoms with Crippen LogP contribution in [-0.4, -0.2) is 6.61 Å². The van der Waals surface area contributed by atoms with Crippen molar-refractivity contribution < 1.29 is 4.74 Å². The summed E-state index contributed by atoms with van der Waals surface area (Å²) in [6.07, 6.45) is 0.883. The van der Waals surface area contributed by atoms with Crippen LogP contribution in [0.3, 0.4) is 0 Å². The van der Waals surface area contributed by atoms with Crippen molar-refractivity contribution in [2.24, 2.45) is 0 Å². The van der Waals surface area contributed by atoms with Crippen LogP contribution in [0, 0.1) is 0 Å².